The van der Waals surface area contributed by atoms with Crippen LogP contribution in [0, 0.1) is 0 Å². The van der Waals surface area contributed by atoms with E-state index in [-0.39, 0.29) is 24.6 Å². The van der Waals surface area contributed by atoms with E-state index < -0.39 is 0 Å². The summed E-state index contributed by atoms with van der Waals surface area (Å²) in [5.74, 6) is -0.0272. The van der Waals surface area contributed by atoms with E-state index in [0.29, 0.717) is 19.4 Å². The van der Waals surface area contributed by atoms with Crippen LogP contribution in [0.25, 0.3) is 0 Å². The SMILES string of the molecule is CCCCCCCCCOC(=O)CCCCCCCN(CCO)CCCCCCCC(=O)OC(CCCCC)CCCCCCCC. The number of carbonyl (C=O) groups excluding carboxylic acids is 2. The molecule has 0 aromatic carbocycles. The molecule has 0 radical (unpaired) electrons. The average molecular weight is 668 g/mol. The molecule has 0 bridgehead atoms. The number of hydrogen-bond acceptors (Lipinski definition) is 6. The van der Waals surface area contributed by atoms with Crippen molar-refractivity contribution in [1.29, 1.82) is 0 Å². The molecule has 0 amide bonds. The van der Waals surface area contributed by atoms with E-state index >= 15 is 0 Å². The summed E-state index contributed by atoms with van der Waals surface area (Å²) in [6.45, 7) is 10.3. The normalized spacial score (nSPS) is 12.1. The second-order valence-corrected chi connectivity index (χ2v) is 14.1. The summed E-state index contributed by atoms with van der Waals surface area (Å²) < 4.78 is 11.3. The maximum absolute atomic E-state index is 12.5. The monoisotopic (exact) mass is 668 g/mol. The van der Waals surface area contributed by atoms with E-state index in [9.17, 15) is 14.7 Å². The summed E-state index contributed by atoms with van der Waals surface area (Å²) in [6, 6.07) is 0. The minimum atomic E-state index is -0.0321. The van der Waals surface area contributed by atoms with Gasteiger partial charge in [0.1, 0.15) is 6.10 Å². The first-order valence-corrected chi connectivity index (χ1v) is 20.8. The van der Waals surface area contributed by atoms with Gasteiger partial charge < -0.3 is 19.5 Å². The van der Waals surface area contributed by atoms with Crippen LogP contribution < -0.4 is 0 Å². The molecule has 0 aromatic heterocycles. The summed E-state index contributed by atoms with van der Waals surface area (Å²) in [7, 11) is 0. The van der Waals surface area contributed by atoms with Gasteiger partial charge in [0.15, 0.2) is 0 Å². The van der Waals surface area contributed by atoms with E-state index in [1.165, 1.54) is 103 Å². The molecule has 0 heterocycles. The highest BCUT2D eigenvalue weighted by molar-refractivity contribution is 5.69. The van der Waals surface area contributed by atoms with Crippen LogP contribution in [0.2, 0.25) is 0 Å². The second-order valence-electron chi connectivity index (χ2n) is 14.1. The Kier molecular flexibility index (Phi) is 36.8. The van der Waals surface area contributed by atoms with Gasteiger partial charge in [-0.15, -0.1) is 0 Å². The predicted molar refractivity (Wildman–Crippen MR) is 200 cm³/mol. The number of nitrogens with zero attached hydrogens (tertiary/aromatic N) is 1. The molecule has 6 nitrogen and oxygen atoms in total. The van der Waals surface area contributed by atoms with Crippen molar-refractivity contribution in [2.45, 2.75) is 219 Å². The number of unbranched alkanes of at least 4 members (excludes halogenated alkanes) is 21. The minimum Gasteiger partial charge on any atom is -0.466 e. The Morgan fingerprint density at radius 3 is 1.43 bits per heavy atom. The third kappa shape index (κ3) is 34.5. The van der Waals surface area contributed by atoms with Crippen molar-refractivity contribution in [3.63, 3.8) is 0 Å². The summed E-state index contributed by atoms with van der Waals surface area (Å²) in [5, 5.41) is 9.51. The Balaban J connectivity index is 3.84. The van der Waals surface area contributed by atoms with E-state index in [0.717, 1.165) is 96.7 Å². The standard InChI is InChI=1S/C41H81NO5/c1-4-7-10-12-14-22-29-38-46-40(44)32-25-18-15-20-27-34-42(36-37-43)35-28-21-16-19-26-33-41(45)47-39(30-23-9-6-3)31-24-17-13-11-8-5-2/h39,43H,4-38H2,1-3H3. The Morgan fingerprint density at radius 2 is 0.894 bits per heavy atom. The highest BCUT2D eigenvalue weighted by atomic mass is 16.5. The summed E-state index contributed by atoms with van der Waals surface area (Å²) >= 11 is 0. The van der Waals surface area contributed by atoms with Gasteiger partial charge in [0.05, 0.1) is 13.2 Å². The van der Waals surface area contributed by atoms with Crippen LogP contribution in [0.5, 0.6) is 0 Å². The maximum Gasteiger partial charge on any atom is 0.306 e. The molecule has 280 valence electrons. The predicted octanol–water partition coefficient (Wildman–Crippen LogP) is 11.5. The molecule has 0 aromatic rings. The van der Waals surface area contributed by atoms with Gasteiger partial charge in [-0.3, -0.25) is 9.59 Å². The van der Waals surface area contributed by atoms with Gasteiger partial charge in [0, 0.05) is 19.4 Å². The molecule has 1 atom stereocenters. The number of ether oxygens (including phenoxy) is 2. The molecule has 6 heteroatoms. The molecular weight excluding hydrogens is 586 g/mol. The quantitative estimate of drug-likeness (QED) is 0.0521. The number of esters is 2. The molecule has 47 heavy (non-hydrogen) atoms. The lowest BCUT2D eigenvalue weighted by Gasteiger charge is -2.21. The van der Waals surface area contributed by atoms with Gasteiger partial charge in [-0.2, -0.15) is 0 Å². The highest BCUT2D eigenvalue weighted by Gasteiger charge is 2.14. The fraction of sp³-hybridized carbons (Fsp3) is 0.951. The van der Waals surface area contributed by atoms with E-state index in [2.05, 4.69) is 25.7 Å². The summed E-state index contributed by atoms with van der Waals surface area (Å²) in [5.41, 5.74) is 0. The molecule has 1 N–H and O–H groups in total. The Morgan fingerprint density at radius 1 is 0.489 bits per heavy atom. The molecular formula is C41H81NO5. The van der Waals surface area contributed by atoms with Gasteiger partial charge in [0.2, 0.25) is 0 Å². The number of aliphatic hydroxyl groups is 1. The molecule has 0 aliphatic carbocycles. The maximum atomic E-state index is 12.5. The third-order valence-electron chi connectivity index (χ3n) is 9.45. The first-order valence-electron chi connectivity index (χ1n) is 20.8. The van der Waals surface area contributed by atoms with Crippen LogP contribution >= 0.6 is 0 Å². The molecule has 0 saturated carbocycles. The van der Waals surface area contributed by atoms with Gasteiger partial charge in [-0.05, 0) is 70.9 Å². The van der Waals surface area contributed by atoms with Gasteiger partial charge in [0.25, 0.3) is 0 Å². The zero-order chi connectivity index (χ0) is 34.5. The second kappa shape index (κ2) is 37.7. The Bertz CT molecular complexity index is 658. The van der Waals surface area contributed by atoms with Gasteiger partial charge >= 0.3 is 11.9 Å². The van der Waals surface area contributed by atoms with E-state index in [1.807, 2.05) is 0 Å². The first-order chi connectivity index (χ1) is 23.1. The lowest BCUT2D eigenvalue weighted by Crippen LogP contribution is -2.29. The molecule has 0 aliphatic heterocycles. The molecule has 0 saturated heterocycles. The van der Waals surface area contributed by atoms with Crippen LogP contribution in [0.1, 0.15) is 213 Å². The number of rotatable bonds is 38. The molecule has 0 spiro atoms. The lowest BCUT2D eigenvalue weighted by atomic mass is 10.0. The van der Waals surface area contributed by atoms with Crippen LogP contribution in [0.4, 0.5) is 0 Å². The van der Waals surface area contributed by atoms with E-state index in [4.69, 9.17) is 9.47 Å². The smallest absolute Gasteiger partial charge is 0.306 e. The van der Waals surface area contributed by atoms with Gasteiger partial charge in [-0.25, -0.2) is 0 Å². The Labute approximate surface area is 292 Å². The number of hydrogen-bond donors (Lipinski definition) is 1. The molecule has 0 aliphatic rings. The topological polar surface area (TPSA) is 76.1 Å². The van der Waals surface area contributed by atoms with Crippen LogP contribution in [-0.2, 0) is 19.1 Å². The van der Waals surface area contributed by atoms with Gasteiger partial charge in [-0.1, -0.05) is 143 Å². The first kappa shape index (κ1) is 45.9. The zero-order valence-corrected chi connectivity index (χ0v) is 31.9. The molecule has 1 unspecified atom stereocenters. The summed E-state index contributed by atoms with van der Waals surface area (Å²) in [4.78, 5) is 26.9. The van der Waals surface area contributed by atoms with Crippen molar-refractivity contribution in [1.82, 2.24) is 4.90 Å². The minimum absolute atomic E-state index is 0.00494. The largest absolute Gasteiger partial charge is 0.466 e. The fourth-order valence-corrected chi connectivity index (χ4v) is 6.35. The van der Waals surface area contributed by atoms with Crippen molar-refractivity contribution < 1.29 is 24.2 Å². The summed E-state index contributed by atoms with van der Waals surface area (Å²) in [6.07, 6.45) is 34.2. The molecule has 0 rings (SSSR count). The van der Waals surface area contributed by atoms with Crippen molar-refractivity contribution >= 4 is 11.9 Å². The van der Waals surface area contributed by atoms with Crippen LogP contribution in [0.3, 0.4) is 0 Å². The van der Waals surface area contributed by atoms with Crippen molar-refractivity contribution in [3.8, 4) is 0 Å². The van der Waals surface area contributed by atoms with Crippen molar-refractivity contribution in [2.75, 3.05) is 32.8 Å². The van der Waals surface area contributed by atoms with Crippen molar-refractivity contribution in [2.24, 2.45) is 0 Å². The Hall–Kier alpha value is -1.14. The number of carbonyl (C=O) groups is 2. The third-order valence-corrected chi connectivity index (χ3v) is 9.45. The lowest BCUT2D eigenvalue weighted by molar-refractivity contribution is -0.150. The fourth-order valence-electron chi connectivity index (χ4n) is 6.35. The van der Waals surface area contributed by atoms with E-state index in [1.54, 1.807) is 0 Å². The van der Waals surface area contributed by atoms with Crippen LogP contribution in [-0.4, -0.2) is 60.9 Å². The van der Waals surface area contributed by atoms with Crippen LogP contribution in [0.15, 0.2) is 0 Å². The highest BCUT2D eigenvalue weighted by Crippen LogP contribution is 2.18. The van der Waals surface area contributed by atoms with Crippen molar-refractivity contribution in [3.05, 3.63) is 0 Å². The molecule has 0 fully saturated rings. The number of aliphatic hydroxyl groups excluding tert-OH is 1. The average Bonchev–Trinajstić information content (AvgIpc) is 3.06. The zero-order valence-electron chi connectivity index (χ0n) is 31.9.